The van der Waals surface area contributed by atoms with E-state index in [-0.39, 0.29) is 12.3 Å². The first-order valence-electron chi connectivity index (χ1n) is 7.24. The standard InChI is InChI=1S/C15H13N5O3S/c21-24(22)9-8-20-15(18-24)14(17-19-20)11-6-7-13(16-10-11)23-12-4-2-1-3-5-12/h1-7,10,18H,8-9H2. The lowest BCUT2D eigenvalue weighted by atomic mass is 10.2. The summed E-state index contributed by atoms with van der Waals surface area (Å²) >= 11 is 0. The minimum atomic E-state index is -3.34. The summed E-state index contributed by atoms with van der Waals surface area (Å²) in [6.07, 6.45) is 1.58. The van der Waals surface area contributed by atoms with Gasteiger partial charge in [-0.25, -0.2) is 18.1 Å². The van der Waals surface area contributed by atoms with Crippen LogP contribution in [0.2, 0.25) is 0 Å². The van der Waals surface area contributed by atoms with Crippen LogP contribution in [0.5, 0.6) is 11.6 Å². The molecule has 9 heteroatoms. The van der Waals surface area contributed by atoms with Crippen molar-refractivity contribution >= 4 is 15.8 Å². The Hall–Kier alpha value is -2.94. The summed E-state index contributed by atoms with van der Waals surface area (Å²) in [5, 5.41) is 8.02. The number of ether oxygens (including phenoxy) is 1. The molecule has 1 aliphatic rings. The fourth-order valence-electron chi connectivity index (χ4n) is 2.36. The van der Waals surface area contributed by atoms with Crippen molar-refractivity contribution < 1.29 is 13.2 Å². The van der Waals surface area contributed by atoms with E-state index in [1.165, 1.54) is 4.68 Å². The third kappa shape index (κ3) is 2.81. The Kier molecular flexibility index (Phi) is 3.42. The summed E-state index contributed by atoms with van der Waals surface area (Å²) in [4.78, 5) is 4.24. The predicted octanol–water partition coefficient (Wildman–Crippen LogP) is 1.89. The number of benzene rings is 1. The van der Waals surface area contributed by atoms with E-state index in [1.807, 2.05) is 30.3 Å². The highest BCUT2D eigenvalue weighted by atomic mass is 32.2. The first kappa shape index (κ1) is 14.6. The Labute approximate surface area is 138 Å². The Morgan fingerprint density at radius 1 is 1.12 bits per heavy atom. The van der Waals surface area contributed by atoms with E-state index in [1.54, 1.807) is 18.3 Å². The monoisotopic (exact) mass is 343 g/mol. The Bertz CT molecular complexity index is 968. The molecule has 0 radical (unpaired) electrons. The maximum atomic E-state index is 11.7. The van der Waals surface area contributed by atoms with Crippen molar-refractivity contribution in [2.75, 3.05) is 10.5 Å². The molecule has 0 bridgehead atoms. The van der Waals surface area contributed by atoms with Crippen molar-refractivity contribution in [1.82, 2.24) is 20.0 Å². The van der Waals surface area contributed by atoms with Crippen LogP contribution in [0.25, 0.3) is 11.3 Å². The summed E-state index contributed by atoms with van der Waals surface area (Å²) in [7, 11) is -3.34. The Morgan fingerprint density at radius 2 is 1.96 bits per heavy atom. The molecule has 0 atom stereocenters. The highest BCUT2D eigenvalue weighted by molar-refractivity contribution is 7.92. The molecule has 1 aromatic carbocycles. The number of fused-ring (bicyclic) bond motifs is 1. The number of anilines is 1. The van der Waals surface area contributed by atoms with Gasteiger partial charge in [0.1, 0.15) is 11.4 Å². The zero-order chi connectivity index (χ0) is 16.6. The number of nitrogens with one attached hydrogen (secondary N) is 1. The summed E-state index contributed by atoms with van der Waals surface area (Å²) in [6.45, 7) is 0.278. The molecule has 3 aromatic rings. The quantitative estimate of drug-likeness (QED) is 0.780. The lowest BCUT2D eigenvalue weighted by molar-refractivity contribution is 0.463. The summed E-state index contributed by atoms with van der Waals surface area (Å²) < 4.78 is 33.1. The van der Waals surface area contributed by atoms with Crippen LogP contribution in [0.3, 0.4) is 0 Å². The molecule has 4 rings (SSSR count). The second-order valence-electron chi connectivity index (χ2n) is 5.23. The van der Waals surface area contributed by atoms with Crippen LogP contribution >= 0.6 is 0 Å². The third-order valence-corrected chi connectivity index (χ3v) is 4.76. The largest absolute Gasteiger partial charge is 0.439 e. The number of aryl methyl sites for hydroxylation is 1. The number of aromatic nitrogens is 4. The number of pyridine rings is 1. The normalized spacial score (nSPS) is 15.3. The highest BCUT2D eigenvalue weighted by Crippen LogP contribution is 2.29. The molecule has 1 aliphatic heterocycles. The van der Waals surface area contributed by atoms with Crippen molar-refractivity contribution in [2.24, 2.45) is 0 Å². The third-order valence-electron chi connectivity index (χ3n) is 3.53. The van der Waals surface area contributed by atoms with E-state index in [0.717, 1.165) is 0 Å². The van der Waals surface area contributed by atoms with Gasteiger partial charge in [-0.15, -0.1) is 5.10 Å². The zero-order valence-electron chi connectivity index (χ0n) is 12.5. The summed E-state index contributed by atoms with van der Waals surface area (Å²) in [6, 6.07) is 12.8. The maximum absolute atomic E-state index is 11.7. The molecule has 0 saturated heterocycles. The van der Waals surface area contributed by atoms with Gasteiger partial charge in [-0.3, -0.25) is 4.72 Å². The van der Waals surface area contributed by atoms with E-state index in [4.69, 9.17) is 4.74 Å². The fraction of sp³-hybridized carbons (Fsp3) is 0.133. The molecule has 8 nitrogen and oxygen atoms in total. The van der Waals surface area contributed by atoms with Gasteiger partial charge in [-0.05, 0) is 18.2 Å². The molecule has 2 aromatic heterocycles. The van der Waals surface area contributed by atoms with Crippen molar-refractivity contribution in [3.8, 4) is 22.9 Å². The number of nitrogens with zero attached hydrogens (tertiary/aromatic N) is 4. The molecule has 0 amide bonds. The van der Waals surface area contributed by atoms with Crippen molar-refractivity contribution in [3.05, 3.63) is 48.7 Å². The van der Waals surface area contributed by atoms with Gasteiger partial charge in [-0.1, -0.05) is 23.4 Å². The van der Waals surface area contributed by atoms with Crippen molar-refractivity contribution in [1.29, 1.82) is 0 Å². The van der Waals surface area contributed by atoms with E-state index < -0.39 is 10.0 Å². The van der Waals surface area contributed by atoms with E-state index in [2.05, 4.69) is 20.0 Å². The van der Waals surface area contributed by atoms with Crippen LogP contribution in [-0.2, 0) is 16.6 Å². The van der Waals surface area contributed by atoms with Gasteiger partial charge in [0.15, 0.2) is 5.82 Å². The van der Waals surface area contributed by atoms with Gasteiger partial charge >= 0.3 is 0 Å². The molecule has 0 saturated carbocycles. The molecule has 0 aliphatic carbocycles. The average molecular weight is 343 g/mol. The highest BCUT2D eigenvalue weighted by Gasteiger charge is 2.25. The van der Waals surface area contributed by atoms with Gasteiger partial charge in [0.05, 0.1) is 12.3 Å². The first-order valence-corrected chi connectivity index (χ1v) is 8.89. The van der Waals surface area contributed by atoms with Gasteiger partial charge < -0.3 is 4.74 Å². The number of hydrogen-bond acceptors (Lipinski definition) is 6. The maximum Gasteiger partial charge on any atom is 0.235 e. The predicted molar refractivity (Wildman–Crippen MR) is 87.2 cm³/mol. The van der Waals surface area contributed by atoms with Crippen LogP contribution in [-0.4, -0.2) is 34.1 Å². The van der Waals surface area contributed by atoms with Crippen molar-refractivity contribution in [2.45, 2.75) is 6.54 Å². The molecule has 122 valence electrons. The smallest absolute Gasteiger partial charge is 0.235 e. The van der Waals surface area contributed by atoms with Gasteiger partial charge in [-0.2, -0.15) is 0 Å². The average Bonchev–Trinajstić information content (AvgIpc) is 2.98. The first-order chi connectivity index (χ1) is 11.6. The minimum Gasteiger partial charge on any atom is -0.439 e. The lowest BCUT2D eigenvalue weighted by Crippen LogP contribution is -2.28. The van der Waals surface area contributed by atoms with Crippen LogP contribution in [0.15, 0.2) is 48.7 Å². The lowest BCUT2D eigenvalue weighted by Gasteiger charge is -2.16. The molecular weight excluding hydrogens is 330 g/mol. The summed E-state index contributed by atoms with van der Waals surface area (Å²) in [5.41, 5.74) is 1.10. The minimum absolute atomic E-state index is 0.00902. The molecular formula is C15H13N5O3S. The topological polar surface area (TPSA) is 99.0 Å². The zero-order valence-corrected chi connectivity index (χ0v) is 13.3. The van der Waals surface area contributed by atoms with E-state index in [0.29, 0.717) is 28.7 Å². The van der Waals surface area contributed by atoms with Gasteiger partial charge in [0, 0.05) is 17.8 Å². The molecule has 0 unspecified atom stereocenters. The second-order valence-corrected chi connectivity index (χ2v) is 7.07. The number of para-hydroxylation sites is 1. The Morgan fingerprint density at radius 3 is 2.71 bits per heavy atom. The molecule has 0 spiro atoms. The molecule has 24 heavy (non-hydrogen) atoms. The summed E-state index contributed by atoms with van der Waals surface area (Å²) in [5.74, 6) is 1.48. The van der Waals surface area contributed by atoms with Crippen LogP contribution < -0.4 is 9.46 Å². The SMILES string of the molecule is O=S1(=O)CCn2nnc(-c3ccc(Oc4ccccc4)nc3)c2N1. The number of sulfonamides is 1. The van der Waals surface area contributed by atoms with Crippen LogP contribution in [0, 0.1) is 0 Å². The molecule has 0 fully saturated rings. The van der Waals surface area contributed by atoms with Crippen LogP contribution in [0.1, 0.15) is 0 Å². The number of rotatable bonds is 3. The second kappa shape index (κ2) is 5.60. The van der Waals surface area contributed by atoms with Crippen LogP contribution in [0.4, 0.5) is 5.82 Å². The Balaban J connectivity index is 1.61. The van der Waals surface area contributed by atoms with E-state index >= 15 is 0 Å². The van der Waals surface area contributed by atoms with E-state index in [9.17, 15) is 8.42 Å². The van der Waals surface area contributed by atoms with Crippen molar-refractivity contribution in [3.63, 3.8) is 0 Å². The van der Waals surface area contributed by atoms with Gasteiger partial charge in [0.25, 0.3) is 0 Å². The fourth-order valence-corrected chi connectivity index (χ4v) is 3.37. The molecule has 3 heterocycles. The molecule has 1 N–H and O–H groups in total. The van der Waals surface area contributed by atoms with Gasteiger partial charge in [0.2, 0.25) is 15.9 Å². The number of hydrogen-bond donors (Lipinski definition) is 1.